The molecule has 0 fully saturated rings. The molecule has 0 aromatic heterocycles. The molecule has 0 aliphatic heterocycles. The van der Waals surface area contributed by atoms with Gasteiger partial charge in [-0.15, -0.1) is 0 Å². The second-order valence-electron chi connectivity index (χ2n) is 6.31. The van der Waals surface area contributed by atoms with Gasteiger partial charge in [0.1, 0.15) is 32.1 Å². The summed E-state index contributed by atoms with van der Waals surface area (Å²) in [5.74, 6) is 1.81. The van der Waals surface area contributed by atoms with Crippen LogP contribution in [0, 0.1) is 0 Å². The molecule has 28 heavy (non-hydrogen) atoms. The van der Waals surface area contributed by atoms with E-state index in [9.17, 15) is 0 Å². The minimum absolute atomic E-state index is 0.0157. The lowest BCUT2D eigenvalue weighted by Crippen LogP contribution is -2.23. The highest BCUT2D eigenvalue weighted by Gasteiger charge is 2.36. The van der Waals surface area contributed by atoms with Gasteiger partial charge in [-0.25, -0.2) is 0 Å². The molecular weight excluding hydrogens is 360 g/mol. The fraction of sp³-hybridized carbons (Fsp3) is 0.300. The van der Waals surface area contributed by atoms with Gasteiger partial charge in [-0.05, 0) is 12.0 Å². The van der Waals surface area contributed by atoms with E-state index < -0.39 is 6.10 Å². The molecule has 0 amide bonds. The third kappa shape index (κ3) is 2.74. The van der Waals surface area contributed by atoms with Gasteiger partial charge >= 0.3 is 0 Å². The lowest BCUT2D eigenvalue weighted by molar-refractivity contribution is 0.0339. The monoisotopic (exact) mass is 384 g/mol. The summed E-state index contributed by atoms with van der Waals surface area (Å²) in [5.41, 5.74) is 26.6. The molecule has 0 heterocycles. The van der Waals surface area contributed by atoms with Crippen molar-refractivity contribution in [3.8, 4) is 11.5 Å². The third-order valence-electron chi connectivity index (χ3n) is 4.99. The van der Waals surface area contributed by atoms with Gasteiger partial charge in [0.2, 0.25) is 0 Å². The molecule has 1 atom stereocenters. The zero-order valence-electron chi connectivity index (χ0n) is 15.4. The van der Waals surface area contributed by atoms with Crippen LogP contribution in [0.15, 0.2) is 36.1 Å². The molecular formula is C20H24N4O4. The molecule has 4 rings (SSSR count). The van der Waals surface area contributed by atoms with Crippen LogP contribution in [0.5, 0.6) is 11.5 Å². The van der Waals surface area contributed by atoms with Crippen LogP contribution >= 0.6 is 0 Å². The number of nitrogens with two attached hydrogens (primary N) is 4. The number of ether oxygens (including phenoxy) is 4. The highest BCUT2D eigenvalue weighted by atomic mass is 16.5. The van der Waals surface area contributed by atoms with Crippen LogP contribution in [0.25, 0.3) is 16.3 Å². The Labute approximate surface area is 162 Å². The van der Waals surface area contributed by atoms with Crippen LogP contribution in [0.4, 0.5) is 0 Å². The standard InChI is InChI=1S/C20H24N4O4/c21-7-25-17-11-3-1-4-12-15(11)16-13(19(17)27-9-23)5-2-6-14(16)20(28-10-24)18(12)26-8-22/h1-5,17H,6-10,21-24H2. The summed E-state index contributed by atoms with van der Waals surface area (Å²) in [6.07, 6.45) is 4.25. The number of allylic oxidation sites excluding steroid dienone is 3. The minimum atomic E-state index is -0.470. The van der Waals surface area contributed by atoms with E-state index in [1.165, 1.54) is 0 Å². The van der Waals surface area contributed by atoms with Gasteiger partial charge < -0.3 is 24.7 Å². The zero-order valence-corrected chi connectivity index (χ0v) is 15.4. The Morgan fingerprint density at radius 3 is 2.36 bits per heavy atom. The van der Waals surface area contributed by atoms with Gasteiger partial charge in [-0.1, -0.05) is 30.4 Å². The minimum Gasteiger partial charge on any atom is -0.479 e. The SMILES string of the molecule is NCOC1=C2C=CCc3c(OCN)c(OCN)c4cccc(c4c32)C1OCN. The maximum absolute atomic E-state index is 5.86. The predicted molar refractivity (Wildman–Crippen MR) is 106 cm³/mol. The molecule has 8 N–H and O–H groups in total. The molecule has 2 aromatic carbocycles. The number of hydrogen-bond donors (Lipinski definition) is 4. The first-order chi connectivity index (χ1) is 13.8. The molecule has 0 saturated heterocycles. The highest BCUT2D eigenvalue weighted by molar-refractivity contribution is 6.07. The van der Waals surface area contributed by atoms with E-state index in [0.717, 1.165) is 33.0 Å². The summed E-state index contributed by atoms with van der Waals surface area (Å²) < 4.78 is 23.3. The van der Waals surface area contributed by atoms with Crippen LogP contribution < -0.4 is 32.4 Å². The summed E-state index contributed by atoms with van der Waals surface area (Å²) in [4.78, 5) is 0. The Kier molecular flexibility index (Phi) is 5.21. The molecule has 0 saturated carbocycles. The largest absolute Gasteiger partial charge is 0.479 e. The molecule has 8 nitrogen and oxygen atoms in total. The number of rotatable bonds is 8. The van der Waals surface area contributed by atoms with Gasteiger partial charge in [0, 0.05) is 27.5 Å². The molecule has 0 bridgehead atoms. The topological polar surface area (TPSA) is 141 Å². The predicted octanol–water partition coefficient (Wildman–Crippen LogP) is 1.17. The van der Waals surface area contributed by atoms with E-state index in [4.69, 9.17) is 41.9 Å². The van der Waals surface area contributed by atoms with Crippen molar-refractivity contribution in [3.63, 3.8) is 0 Å². The average Bonchev–Trinajstić information content (AvgIpc) is 2.72. The molecule has 2 aliphatic rings. The van der Waals surface area contributed by atoms with Crippen LogP contribution in [-0.4, -0.2) is 26.9 Å². The van der Waals surface area contributed by atoms with Gasteiger partial charge in [-0.3, -0.25) is 17.2 Å². The molecule has 0 radical (unpaired) electrons. The van der Waals surface area contributed by atoms with Crippen LogP contribution in [0.2, 0.25) is 0 Å². The van der Waals surface area contributed by atoms with Crippen molar-refractivity contribution >= 4 is 16.3 Å². The maximum atomic E-state index is 5.86. The second kappa shape index (κ2) is 7.78. The third-order valence-corrected chi connectivity index (χ3v) is 4.99. The van der Waals surface area contributed by atoms with E-state index in [0.29, 0.717) is 23.7 Å². The molecule has 1 unspecified atom stereocenters. The van der Waals surface area contributed by atoms with Gasteiger partial charge in [0.05, 0.1) is 6.73 Å². The summed E-state index contributed by atoms with van der Waals surface area (Å²) in [7, 11) is 0. The van der Waals surface area contributed by atoms with E-state index in [1.54, 1.807) is 0 Å². The number of benzene rings is 2. The van der Waals surface area contributed by atoms with Crippen molar-refractivity contribution in [2.75, 3.05) is 26.9 Å². The Hall–Kier alpha value is -2.62. The first-order valence-corrected chi connectivity index (χ1v) is 9.09. The van der Waals surface area contributed by atoms with E-state index in [1.807, 2.05) is 30.4 Å². The van der Waals surface area contributed by atoms with Crippen LogP contribution in [-0.2, 0) is 15.9 Å². The van der Waals surface area contributed by atoms with Crippen molar-refractivity contribution in [2.24, 2.45) is 22.9 Å². The first kappa shape index (κ1) is 18.7. The highest BCUT2D eigenvalue weighted by Crippen LogP contribution is 2.53. The van der Waals surface area contributed by atoms with E-state index >= 15 is 0 Å². The molecule has 2 aromatic rings. The second-order valence-corrected chi connectivity index (χ2v) is 6.31. The molecule has 0 spiro atoms. The fourth-order valence-corrected chi connectivity index (χ4v) is 4.11. The quantitative estimate of drug-likeness (QED) is 0.497. The van der Waals surface area contributed by atoms with Gasteiger partial charge in [0.25, 0.3) is 0 Å². The fourth-order valence-electron chi connectivity index (χ4n) is 4.11. The lowest BCUT2D eigenvalue weighted by atomic mass is 9.79. The van der Waals surface area contributed by atoms with Gasteiger partial charge in [0.15, 0.2) is 11.5 Å². The smallest absolute Gasteiger partial charge is 0.171 e. The average molecular weight is 384 g/mol. The maximum Gasteiger partial charge on any atom is 0.171 e. The summed E-state index contributed by atoms with van der Waals surface area (Å²) in [6, 6.07) is 5.89. The normalized spacial score (nSPS) is 17.2. The van der Waals surface area contributed by atoms with Crippen LogP contribution in [0.3, 0.4) is 0 Å². The summed E-state index contributed by atoms with van der Waals surface area (Å²) >= 11 is 0. The first-order valence-electron chi connectivity index (χ1n) is 9.09. The van der Waals surface area contributed by atoms with Crippen molar-refractivity contribution in [3.05, 3.63) is 52.8 Å². The Bertz CT molecular complexity index is 971. The summed E-state index contributed by atoms with van der Waals surface area (Å²) in [5, 5.41) is 1.88. The number of hydrogen-bond acceptors (Lipinski definition) is 8. The molecule has 148 valence electrons. The molecule has 2 aliphatic carbocycles. The van der Waals surface area contributed by atoms with Gasteiger partial charge in [-0.2, -0.15) is 0 Å². The van der Waals surface area contributed by atoms with E-state index in [-0.39, 0.29) is 26.9 Å². The summed E-state index contributed by atoms with van der Waals surface area (Å²) in [6.45, 7) is 0.102. The van der Waals surface area contributed by atoms with Crippen molar-refractivity contribution in [2.45, 2.75) is 12.5 Å². The van der Waals surface area contributed by atoms with Crippen molar-refractivity contribution < 1.29 is 18.9 Å². The Balaban J connectivity index is 2.13. The van der Waals surface area contributed by atoms with Crippen molar-refractivity contribution in [1.82, 2.24) is 0 Å². The zero-order chi connectivity index (χ0) is 19.7. The Morgan fingerprint density at radius 2 is 1.64 bits per heavy atom. The van der Waals surface area contributed by atoms with E-state index in [2.05, 4.69) is 0 Å². The van der Waals surface area contributed by atoms with Crippen LogP contribution in [0.1, 0.15) is 22.8 Å². The lowest BCUT2D eigenvalue weighted by Gasteiger charge is -2.33. The van der Waals surface area contributed by atoms with Crippen molar-refractivity contribution in [1.29, 1.82) is 0 Å². The Morgan fingerprint density at radius 1 is 0.893 bits per heavy atom. The molecule has 8 heteroatoms.